The van der Waals surface area contributed by atoms with Crippen molar-refractivity contribution in [2.75, 3.05) is 0 Å². The van der Waals surface area contributed by atoms with Gasteiger partial charge in [-0.2, -0.15) is 18.3 Å². The molecular weight excluding hydrogens is 361 g/mol. The first-order valence-corrected chi connectivity index (χ1v) is 8.34. The summed E-state index contributed by atoms with van der Waals surface area (Å²) in [5.41, 5.74) is 8.41. The van der Waals surface area contributed by atoms with E-state index < -0.39 is 25.0 Å². The number of nitrogens with two attached hydrogens (primary N) is 1. The van der Waals surface area contributed by atoms with Crippen LogP contribution in [-0.4, -0.2) is 31.8 Å². The van der Waals surface area contributed by atoms with Gasteiger partial charge in [0.2, 0.25) is 0 Å². The molecule has 4 N–H and O–H groups in total. The first-order valence-electron chi connectivity index (χ1n) is 8.34. The maximum atomic E-state index is 12.4. The van der Waals surface area contributed by atoms with Gasteiger partial charge in [-0.15, -0.1) is 0 Å². The van der Waals surface area contributed by atoms with E-state index in [0.717, 1.165) is 21.3 Å². The van der Waals surface area contributed by atoms with Crippen molar-refractivity contribution < 1.29 is 18.0 Å². The zero-order valence-corrected chi connectivity index (χ0v) is 14.5. The Hall–Kier alpha value is -2.88. The first kappa shape index (κ1) is 18.9. The quantitative estimate of drug-likeness (QED) is 0.612. The Kier molecular flexibility index (Phi) is 5.17. The molecule has 3 aromatic rings. The molecule has 7 nitrogen and oxygen atoms in total. The van der Waals surface area contributed by atoms with Gasteiger partial charge in [0.15, 0.2) is 0 Å². The summed E-state index contributed by atoms with van der Waals surface area (Å²) in [5, 5.41) is 6.41. The summed E-state index contributed by atoms with van der Waals surface area (Å²) < 4.78 is 38.1. The molecule has 0 fully saturated rings. The molecule has 1 aromatic carbocycles. The van der Waals surface area contributed by atoms with Gasteiger partial charge in [0.25, 0.3) is 5.91 Å². The zero-order valence-electron chi connectivity index (χ0n) is 14.5. The Balaban J connectivity index is 1.66. The average Bonchev–Trinajstić information content (AvgIpc) is 3.22. The third kappa shape index (κ3) is 4.64. The summed E-state index contributed by atoms with van der Waals surface area (Å²) in [4.78, 5) is 19.7. The molecular formula is C17H19F3N6O. The van der Waals surface area contributed by atoms with Crippen molar-refractivity contribution in [1.82, 2.24) is 25.1 Å². The highest BCUT2D eigenvalue weighted by atomic mass is 19.4. The van der Waals surface area contributed by atoms with Crippen LogP contribution in [0.25, 0.3) is 11.0 Å². The van der Waals surface area contributed by atoms with Crippen LogP contribution in [-0.2, 0) is 13.1 Å². The number of rotatable bonds is 6. The van der Waals surface area contributed by atoms with E-state index in [4.69, 9.17) is 5.73 Å². The van der Waals surface area contributed by atoms with E-state index in [0.29, 0.717) is 5.82 Å². The molecule has 0 aliphatic heterocycles. The number of carbonyl (C=O) groups is 1. The van der Waals surface area contributed by atoms with E-state index in [1.807, 2.05) is 25.1 Å². The lowest BCUT2D eigenvalue weighted by atomic mass is 10.1. The van der Waals surface area contributed by atoms with Gasteiger partial charge in [0.1, 0.15) is 11.5 Å². The summed E-state index contributed by atoms with van der Waals surface area (Å²) in [6, 6.07) is 6.87. The number of alkyl halides is 3. The lowest BCUT2D eigenvalue weighted by Gasteiger charge is -2.09. The Morgan fingerprint density at radius 1 is 1.37 bits per heavy atom. The fourth-order valence-corrected chi connectivity index (χ4v) is 2.64. The molecule has 1 amide bonds. The molecule has 144 valence electrons. The minimum Gasteiger partial charge on any atom is -0.343 e. The number of nitrogens with zero attached hydrogens (tertiary/aromatic N) is 3. The molecule has 0 saturated heterocycles. The van der Waals surface area contributed by atoms with Gasteiger partial charge in [-0.1, -0.05) is 6.07 Å². The Morgan fingerprint density at radius 2 is 2.15 bits per heavy atom. The number of H-pyrrole nitrogens is 1. The first-order chi connectivity index (χ1) is 12.7. The topological polar surface area (TPSA) is 102 Å². The lowest BCUT2D eigenvalue weighted by molar-refractivity contribution is -0.137. The second kappa shape index (κ2) is 7.39. The second-order valence-electron chi connectivity index (χ2n) is 6.24. The summed E-state index contributed by atoms with van der Waals surface area (Å²) in [6.07, 6.45) is -4.07. The van der Waals surface area contributed by atoms with Crippen LogP contribution in [0.1, 0.15) is 41.3 Å². The van der Waals surface area contributed by atoms with Gasteiger partial charge in [0.05, 0.1) is 30.5 Å². The summed E-state index contributed by atoms with van der Waals surface area (Å²) in [7, 11) is 0. The number of aromatic nitrogens is 4. The Bertz CT molecular complexity index is 944. The van der Waals surface area contributed by atoms with Crippen LogP contribution in [0.2, 0.25) is 0 Å². The molecule has 2 heterocycles. The lowest BCUT2D eigenvalue weighted by Crippen LogP contribution is -2.27. The van der Waals surface area contributed by atoms with Crippen LogP contribution in [0.15, 0.2) is 30.5 Å². The van der Waals surface area contributed by atoms with Crippen molar-refractivity contribution in [3.05, 3.63) is 47.5 Å². The Morgan fingerprint density at radius 3 is 2.85 bits per heavy atom. The number of benzene rings is 1. The average molecular weight is 380 g/mol. The van der Waals surface area contributed by atoms with E-state index >= 15 is 0 Å². The van der Waals surface area contributed by atoms with Crippen LogP contribution in [0.4, 0.5) is 13.2 Å². The third-order valence-electron chi connectivity index (χ3n) is 4.05. The molecule has 1 atom stereocenters. The van der Waals surface area contributed by atoms with Crippen molar-refractivity contribution >= 4 is 16.9 Å². The number of amides is 1. The molecule has 0 aliphatic rings. The molecule has 1 unspecified atom stereocenters. The largest absolute Gasteiger partial charge is 0.390 e. The second-order valence-corrected chi connectivity index (χ2v) is 6.24. The number of nitrogens with one attached hydrogen (secondary N) is 2. The van der Waals surface area contributed by atoms with E-state index in [1.54, 1.807) is 0 Å². The number of aromatic amines is 1. The number of hydrogen-bond donors (Lipinski definition) is 3. The molecule has 3 rings (SSSR count). The number of hydrogen-bond acceptors (Lipinski definition) is 4. The van der Waals surface area contributed by atoms with Crippen LogP contribution < -0.4 is 11.1 Å². The van der Waals surface area contributed by atoms with Crippen molar-refractivity contribution in [3.63, 3.8) is 0 Å². The summed E-state index contributed by atoms with van der Waals surface area (Å²) >= 11 is 0. The van der Waals surface area contributed by atoms with E-state index in [9.17, 15) is 18.0 Å². The van der Waals surface area contributed by atoms with Crippen molar-refractivity contribution in [2.45, 2.75) is 38.7 Å². The van der Waals surface area contributed by atoms with Crippen LogP contribution in [0.5, 0.6) is 0 Å². The van der Waals surface area contributed by atoms with Crippen LogP contribution in [0.3, 0.4) is 0 Å². The van der Waals surface area contributed by atoms with Gasteiger partial charge in [0, 0.05) is 12.2 Å². The van der Waals surface area contributed by atoms with Gasteiger partial charge in [-0.3, -0.25) is 9.48 Å². The fraction of sp³-hybridized carbons (Fsp3) is 0.353. The van der Waals surface area contributed by atoms with Crippen LogP contribution in [0, 0.1) is 0 Å². The van der Waals surface area contributed by atoms with E-state index in [1.165, 1.54) is 12.3 Å². The van der Waals surface area contributed by atoms with E-state index in [-0.39, 0.29) is 18.3 Å². The molecule has 0 saturated carbocycles. The summed E-state index contributed by atoms with van der Waals surface area (Å²) in [5.74, 6) is 0.00734. The monoisotopic (exact) mass is 380 g/mol. The van der Waals surface area contributed by atoms with Gasteiger partial charge < -0.3 is 16.0 Å². The number of halogens is 3. The molecule has 10 heteroatoms. The van der Waals surface area contributed by atoms with Gasteiger partial charge >= 0.3 is 6.18 Å². The maximum Gasteiger partial charge on any atom is 0.390 e. The molecule has 0 radical (unpaired) electrons. The predicted molar refractivity (Wildman–Crippen MR) is 92.8 cm³/mol. The van der Waals surface area contributed by atoms with E-state index in [2.05, 4.69) is 20.4 Å². The molecule has 2 aromatic heterocycles. The van der Waals surface area contributed by atoms with Crippen molar-refractivity contribution in [1.29, 1.82) is 0 Å². The normalized spacial score (nSPS) is 13.1. The highest BCUT2D eigenvalue weighted by Crippen LogP contribution is 2.20. The zero-order chi connectivity index (χ0) is 19.6. The molecule has 0 bridgehead atoms. The maximum absolute atomic E-state index is 12.4. The van der Waals surface area contributed by atoms with Crippen LogP contribution >= 0.6 is 0 Å². The SMILES string of the molecule is CC(N)c1ccc2nc(CNC(=O)c3ccnn3CCC(F)(F)F)[nH]c2c1. The van der Waals surface area contributed by atoms with Gasteiger partial charge in [-0.05, 0) is 30.7 Å². The smallest absolute Gasteiger partial charge is 0.343 e. The van der Waals surface area contributed by atoms with Gasteiger partial charge in [-0.25, -0.2) is 4.98 Å². The Labute approximate surface area is 152 Å². The highest BCUT2D eigenvalue weighted by molar-refractivity contribution is 5.92. The number of imidazole rings is 1. The third-order valence-corrected chi connectivity index (χ3v) is 4.05. The van der Waals surface area contributed by atoms with Crippen molar-refractivity contribution in [2.24, 2.45) is 5.73 Å². The van der Waals surface area contributed by atoms with Crippen molar-refractivity contribution in [3.8, 4) is 0 Å². The molecule has 0 spiro atoms. The number of carbonyl (C=O) groups excluding carboxylic acids is 1. The molecule has 0 aliphatic carbocycles. The standard InChI is InChI=1S/C17H19F3N6O/c1-10(21)11-2-3-12-13(8-11)25-15(24-12)9-22-16(27)14-4-6-23-26(14)7-5-17(18,19)20/h2-4,6,8,10H,5,7,9,21H2,1H3,(H,22,27)(H,24,25). The minimum atomic E-state index is -4.31. The minimum absolute atomic E-state index is 0.0644. The fourth-order valence-electron chi connectivity index (χ4n) is 2.64. The number of aryl methyl sites for hydroxylation is 1. The number of fused-ring (bicyclic) bond motifs is 1. The predicted octanol–water partition coefficient (Wildman–Crippen LogP) is 2.66. The molecule has 27 heavy (non-hydrogen) atoms. The highest BCUT2D eigenvalue weighted by Gasteiger charge is 2.27. The summed E-state index contributed by atoms with van der Waals surface area (Å²) in [6.45, 7) is 1.57.